The molecule has 8 heteroatoms. The van der Waals surface area contributed by atoms with Crippen molar-refractivity contribution in [1.82, 2.24) is 0 Å². The molecule has 0 amide bonds. The normalized spacial score (nSPS) is 11.6. The largest absolute Gasteiger partial charge is 0.378 e. The first-order chi connectivity index (χ1) is 20.4. The van der Waals surface area contributed by atoms with Crippen LogP contribution < -0.4 is 0 Å². The maximum absolute atomic E-state index is 6.71. The van der Waals surface area contributed by atoms with Gasteiger partial charge in [-0.25, -0.2) is 0 Å². The van der Waals surface area contributed by atoms with E-state index in [0.29, 0.717) is 91.8 Å². The van der Waals surface area contributed by atoms with E-state index in [9.17, 15) is 0 Å². The molecule has 0 aliphatic carbocycles. The Morgan fingerprint density at radius 3 is 0.927 bits per heavy atom. The summed E-state index contributed by atoms with van der Waals surface area (Å²) in [4.78, 5) is 0. The topological polar surface area (TPSA) is 64.6 Å². The van der Waals surface area contributed by atoms with E-state index in [1.54, 1.807) is 0 Å². The minimum Gasteiger partial charge on any atom is -0.378 e. The highest BCUT2D eigenvalue weighted by molar-refractivity contribution is 6.17. The van der Waals surface area contributed by atoms with Gasteiger partial charge in [0.2, 0.25) is 0 Å². The highest BCUT2D eigenvalue weighted by Crippen LogP contribution is 2.40. The third kappa shape index (κ3) is 12.2. The summed E-state index contributed by atoms with van der Waals surface area (Å²) in [5.41, 5.74) is 2.48. The van der Waals surface area contributed by atoms with Crippen molar-refractivity contribution in [1.29, 1.82) is 0 Å². The Bertz CT molecular complexity index is 911. The Morgan fingerprint density at radius 2 is 0.634 bits per heavy atom. The van der Waals surface area contributed by atoms with Crippen molar-refractivity contribution < 1.29 is 33.2 Å². The smallest absolute Gasteiger partial charge is 0.143 e. The number of alkyl halides is 1. The van der Waals surface area contributed by atoms with Gasteiger partial charge in [-0.2, -0.15) is 0 Å². The first kappa shape index (κ1) is 33.2. The van der Waals surface area contributed by atoms with Gasteiger partial charge in [0.25, 0.3) is 0 Å². The number of hydrogen-bond acceptors (Lipinski definition) is 7. The molecule has 0 unspecified atom stereocenters. The predicted octanol–water partition coefficient (Wildman–Crippen LogP) is 5.33. The molecule has 0 aliphatic heterocycles. The van der Waals surface area contributed by atoms with Crippen molar-refractivity contribution in [2.24, 2.45) is 0 Å². The molecule has 0 saturated carbocycles. The van der Waals surface area contributed by atoms with Crippen molar-refractivity contribution >= 4 is 11.6 Å². The fraction of sp³-hybridized carbons (Fsp3) is 0.455. The van der Waals surface area contributed by atoms with Gasteiger partial charge in [0.15, 0.2) is 0 Å². The molecule has 41 heavy (non-hydrogen) atoms. The van der Waals surface area contributed by atoms with Gasteiger partial charge >= 0.3 is 0 Å². The molecular weight excluding hydrogens is 544 g/mol. The van der Waals surface area contributed by atoms with Crippen molar-refractivity contribution in [2.45, 2.75) is 5.60 Å². The van der Waals surface area contributed by atoms with Gasteiger partial charge in [0, 0.05) is 5.88 Å². The SMILES string of the molecule is ClCCOCCOCCOCCOCCOCCOCCOC(c1ccccc1)(c1ccccc1)c1ccccc1. The molecule has 3 rings (SSSR count). The zero-order valence-corrected chi connectivity index (χ0v) is 24.6. The Kier molecular flexibility index (Phi) is 17.3. The Balaban J connectivity index is 1.29. The van der Waals surface area contributed by atoms with Crippen LogP contribution in [0.4, 0.5) is 0 Å². The predicted molar refractivity (Wildman–Crippen MR) is 161 cm³/mol. The molecule has 0 saturated heterocycles. The number of hydrogen-bond donors (Lipinski definition) is 0. The van der Waals surface area contributed by atoms with E-state index in [4.69, 9.17) is 44.8 Å². The van der Waals surface area contributed by atoms with Crippen LogP contribution in [0.3, 0.4) is 0 Å². The summed E-state index contributed by atoms with van der Waals surface area (Å²) in [5, 5.41) is 0. The standard InChI is InChI=1S/C33H43ClO7/c34-16-17-35-18-19-36-20-21-37-22-23-38-24-25-39-26-27-40-28-29-41-33(30-10-4-1-5-11-30,31-12-6-2-7-13-31)32-14-8-3-9-15-32/h1-15H,16-29H2. The van der Waals surface area contributed by atoms with E-state index < -0.39 is 5.60 Å². The van der Waals surface area contributed by atoms with Gasteiger partial charge in [-0.3, -0.25) is 0 Å². The third-order valence-corrected chi connectivity index (χ3v) is 6.32. The average Bonchev–Trinajstić information content (AvgIpc) is 3.03. The summed E-state index contributed by atoms with van der Waals surface area (Å²) < 4.78 is 39.8. The highest BCUT2D eigenvalue weighted by Gasteiger charge is 2.37. The molecule has 0 aromatic heterocycles. The molecule has 0 bridgehead atoms. The Hall–Kier alpha value is -2.33. The maximum atomic E-state index is 6.71. The van der Waals surface area contributed by atoms with Crippen LogP contribution in [0.1, 0.15) is 16.7 Å². The first-order valence-electron chi connectivity index (χ1n) is 14.2. The van der Waals surface area contributed by atoms with Crippen molar-refractivity contribution in [3.05, 3.63) is 108 Å². The summed E-state index contributed by atoms with van der Waals surface area (Å²) >= 11 is 5.53. The Labute approximate surface area is 249 Å². The third-order valence-electron chi connectivity index (χ3n) is 6.17. The number of rotatable bonds is 24. The van der Waals surface area contributed by atoms with Crippen LogP contribution in [0.25, 0.3) is 0 Å². The minimum atomic E-state index is -0.739. The van der Waals surface area contributed by atoms with E-state index in [1.165, 1.54) is 0 Å². The quantitative estimate of drug-likeness (QED) is 0.0798. The summed E-state index contributed by atoms with van der Waals surface area (Å²) in [6.07, 6.45) is 0. The van der Waals surface area contributed by atoms with E-state index in [2.05, 4.69) is 36.4 Å². The summed E-state index contributed by atoms with van der Waals surface area (Å²) in [6, 6.07) is 31.0. The van der Waals surface area contributed by atoms with Crippen molar-refractivity contribution in [2.75, 3.05) is 91.8 Å². The molecule has 0 spiro atoms. The lowest BCUT2D eigenvalue weighted by Crippen LogP contribution is -2.34. The molecular formula is C33H43ClO7. The van der Waals surface area contributed by atoms with Crippen molar-refractivity contribution in [3.63, 3.8) is 0 Å². The second kappa shape index (κ2) is 21.4. The maximum Gasteiger partial charge on any atom is 0.143 e. The molecule has 7 nitrogen and oxygen atoms in total. The molecule has 0 heterocycles. The molecule has 0 fully saturated rings. The lowest BCUT2D eigenvalue weighted by atomic mass is 9.80. The van der Waals surface area contributed by atoms with Crippen LogP contribution in [0.5, 0.6) is 0 Å². The van der Waals surface area contributed by atoms with E-state index in [1.807, 2.05) is 54.6 Å². The van der Waals surface area contributed by atoms with E-state index in [0.717, 1.165) is 16.7 Å². The van der Waals surface area contributed by atoms with Gasteiger partial charge in [-0.15, -0.1) is 11.6 Å². The summed E-state index contributed by atoms with van der Waals surface area (Å²) in [6.45, 7) is 6.60. The van der Waals surface area contributed by atoms with Crippen LogP contribution in [-0.2, 0) is 38.8 Å². The fourth-order valence-corrected chi connectivity index (χ4v) is 4.39. The monoisotopic (exact) mass is 586 g/mol. The van der Waals surface area contributed by atoms with Gasteiger partial charge in [0.05, 0.1) is 85.9 Å². The van der Waals surface area contributed by atoms with Gasteiger partial charge in [-0.1, -0.05) is 91.0 Å². The minimum absolute atomic E-state index is 0.425. The summed E-state index contributed by atoms with van der Waals surface area (Å²) in [7, 11) is 0. The van der Waals surface area contributed by atoms with E-state index >= 15 is 0 Å². The lowest BCUT2D eigenvalue weighted by Gasteiger charge is -2.36. The molecule has 224 valence electrons. The van der Waals surface area contributed by atoms with Gasteiger partial charge < -0.3 is 33.2 Å². The first-order valence-corrected chi connectivity index (χ1v) is 14.7. The number of halogens is 1. The zero-order chi connectivity index (χ0) is 28.7. The van der Waals surface area contributed by atoms with Crippen LogP contribution >= 0.6 is 11.6 Å². The van der Waals surface area contributed by atoms with Crippen LogP contribution in [0, 0.1) is 0 Å². The molecule has 0 radical (unpaired) electrons. The highest BCUT2D eigenvalue weighted by atomic mass is 35.5. The average molecular weight is 587 g/mol. The molecule has 3 aromatic rings. The van der Waals surface area contributed by atoms with Crippen LogP contribution in [-0.4, -0.2) is 91.8 Å². The van der Waals surface area contributed by atoms with Crippen LogP contribution in [0.2, 0.25) is 0 Å². The van der Waals surface area contributed by atoms with E-state index in [-0.39, 0.29) is 0 Å². The second-order valence-corrected chi connectivity index (χ2v) is 9.37. The second-order valence-electron chi connectivity index (χ2n) is 8.99. The lowest BCUT2D eigenvalue weighted by molar-refractivity contribution is -0.0394. The molecule has 0 aliphatic rings. The molecule has 0 N–H and O–H groups in total. The molecule has 3 aromatic carbocycles. The summed E-state index contributed by atoms with van der Waals surface area (Å²) in [5.74, 6) is 0.499. The van der Waals surface area contributed by atoms with Crippen LogP contribution in [0.15, 0.2) is 91.0 Å². The van der Waals surface area contributed by atoms with Gasteiger partial charge in [-0.05, 0) is 16.7 Å². The number of ether oxygens (including phenoxy) is 7. The van der Waals surface area contributed by atoms with Crippen molar-refractivity contribution in [3.8, 4) is 0 Å². The number of benzene rings is 3. The molecule has 0 atom stereocenters. The zero-order valence-electron chi connectivity index (χ0n) is 23.8. The fourth-order valence-electron chi connectivity index (χ4n) is 4.28. The Morgan fingerprint density at radius 1 is 0.366 bits per heavy atom. The van der Waals surface area contributed by atoms with Gasteiger partial charge in [0.1, 0.15) is 5.60 Å².